The number of aromatic nitrogens is 1. The molecule has 0 radical (unpaired) electrons. The summed E-state index contributed by atoms with van der Waals surface area (Å²) >= 11 is 1.71. The molecule has 86 valence electrons. The summed E-state index contributed by atoms with van der Waals surface area (Å²) in [4.78, 5) is 5.55. The van der Waals surface area contributed by atoms with Crippen LogP contribution in [-0.4, -0.2) is 18.1 Å². The highest BCUT2D eigenvalue weighted by Crippen LogP contribution is 2.18. The number of aryl methyl sites for hydroxylation is 1. The van der Waals surface area contributed by atoms with E-state index in [9.17, 15) is 0 Å². The third-order valence-electron chi connectivity index (χ3n) is 3.03. The lowest BCUT2D eigenvalue weighted by molar-refractivity contribution is 0.303. The normalized spacial score (nSPS) is 15.2. The molecule has 15 heavy (non-hydrogen) atoms. The van der Waals surface area contributed by atoms with Gasteiger partial charge in [0.15, 0.2) is 0 Å². The summed E-state index contributed by atoms with van der Waals surface area (Å²) < 4.78 is 0. The van der Waals surface area contributed by atoms with E-state index in [0.717, 1.165) is 31.7 Å². The van der Waals surface area contributed by atoms with Crippen molar-refractivity contribution >= 4 is 11.3 Å². The lowest BCUT2D eigenvalue weighted by Crippen LogP contribution is -2.37. The maximum Gasteiger partial charge on any atom is 0.0798 e. The molecular weight excluding hydrogens is 206 g/mol. The van der Waals surface area contributed by atoms with Crippen molar-refractivity contribution in [2.24, 2.45) is 11.1 Å². The highest BCUT2D eigenvalue weighted by molar-refractivity contribution is 7.09. The Hall–Kier alpha value is -0.450. The molecular formula is C11H21N3S. The van der Waals surface area contributed by atoms with Gasteiger partial charge in [-0.05, 0) is 25.3 Å². The van der Waals surface area contributed by atoms with Crippen LogP contribution in [-0.2, 0) is 6.54 Å². The smallest absolute Gasteiger partial charge is 0.0798 e. The lowest BCUT2D eigenvalue weighted by atomic mass is 9.88. The Morgan fingerprint density at radius 2 is 2.33 bits per heavy atom. The topological polar surface area (TPSA) is 50.9 Å². The summed E-state index contributed by atoms with van der Waals surface area (Å²) in [5.41, 5.74) is 9.01. The van der Waals surface area contributed by atoms with Gasteiger partial charge in [-0.3, -0.25) is 0 Å². The number of thiazole rings is 1. The Morgan fingerprint density at radius 1 is 1.60 bits per heavy atom. The van der Waals surface area contributed by atoms with Gasteiger partial charge in [-0.15, -0.1) is 11.3 Å². The minimum atomic E-state index is 0.221. The number of nitrogens with two attached hydrogens (primary N) is 1. The van der Waals surface area contributed by atoms with Gasteiger partial charge in [0, 0.05) is 18.0 Å². The molecule has 0 aliphatic rings. The summed E-state index contributed by atoms with van der Waals surface area (Å²) in [5, 5.41) is 3.46. The van der Waals surface area contributed by atoms with Crippen LogP contribution < -0.4 is 11.1 Å². The summed E-state index contributed by atoms with van der Waals surface area (Å²) in [7, 11) is 0. The second kappa shape index (κ2) is 5.58. The third kappa shape index (κ3) is 3.55. The van der Waals surface area contributed by atoms with Crippen molar-refractivity contribution in [2.45, 2.75) is 33.7 Å². The van der Waals surface area contributed by atoms with Gasteiger partial charge in [0.05, 0.1) is 11.2 Å². The second-order valence-electron chi connectivity index (χ2n) is 4.33. The Balaban J connectivity index is 2.36. The molecule has 4 heteroatoms. The molecule has 0 aromatic carbocycles. The zero-order chi connectivity index (χ0) is 11.3. The Bertz CT molecular complexity index is 292. The predicted octanol–water partition coefficient (Wildman–Crippen LogP) is 1.92. The van der Waals surface area contributed by atoms with Crippen molar-refractivity contribution in [3.63, 3.8) is 0 Å². The maximum absolute atomic E-state index is 5.76. The lowest BCUT2D eigenvalue weighted by Gasteiger charge is -2.26. The monoisotopic (exact) mass is 227 g/mol. The molecule has 1 rings (SSSR count). The first kappa shape index (κ1) is 12.6. The standard InChI is InChI=1S/C11H21N3S/c1-4-11(3,6-12)7-13-5-10-9(2)14-8-15-10/h8,13H,4-7,12H2,1-3H3. The van der Waals surface area contributed by atoms with Crippen molar-refractivity contribution in [3.8, 4) is 0 Å². The minimum absolute atomic E-state index is 0.221. The molecule has 1 unspecified atom stereocenters. The van der Waals surface area contributed by atoms with Gasteiger partial charge in [-0.2, -0.15) is 0 Å². The van der Waals surface area contributed by atoms with E-state index in [-0.39, 0.29) is 5.41 Å². The van der Waals surface area contributed by atoms with Crippen LogP contribution >= 0.6 is 11.3 Å². The van der Waals surface area contributed by atoms with Crippen LogP contribution in [0.1, 0.15) is 30.8 Å². The zero-order valence-electron chi connectivity index (χ0n) is 9.84. The van der Waals surface area contributed by atoms with Gasteiger partial charge in [-0.25, -0.2) is 4.98 Å². The number of nitrogens with zero attached hydrogens (tertiary/aromatic N) is 1. The highest BCUT2D eigenvalue weighted by Gasteiger charge is 2.19. The fourth-order valence-corrected chi connectivity index (χ4v) is 2.06. The van der Waals surface area contributed by atoms with Crippen LogP contribution in [0, 0.1) is 12.3 Å². The van der Waals surface area contributed by atoms with E-state index in [1.807, 2.05) is 5.51 Å². The van der Waals surface area contributed by atoms with E-state index in [1.165, 1.54) is 4.88 Å². The van der Waals surface area contributed by atoms with Crippen molar-refractivity contribution in [2.75, 3.05) is 13.1 Å². The molecule has 0 amide bonds. The van der Waals surface area contributed by atoms with E-state index in [4.69, 9.17) is 5.73 Å². The molecule has 0 aliphatic heterocycles. The van der Waals surface area contributed by atoms with Gasteiger partial charge in [-0.1, -0.05) is 13.8 Å². The summed E-state index contributed by atoms with van der Waals surface area (Å²) in [6, 6.07) is 0. The molecule has 0 spiro atoms. The summed E-state index contributed by atoms with van der Waals surface area (Å²) in [6.07, 6.45) is 1.11. The molecule has 0 bridgehead atoms. The van der Waals surface area contributed by atoms with Crippen LogP contribution in [0.15, 0.2) is 5.51 Å². The average Bonchev–Trinajstić information content (AvgIpc) is 2.64. The van der Waals surface area contributed by atoms with Crippen LogP contribution in [0.5, 0.6) is 0 Å². The van der Waals surface area contributed by atoms with Crippen molar-refractivity contribution in [1.82, 2.24) is 10.3 Å². The van der Waals surface area contributed by atoms with Crippen molar-refractivity contribution < 1.29 is 0 Å². The summed E-state index contributed by atoms with van der Waals surface area (Å²) in [5.74, 6) is 0. The average molecular weight is 227 g/mol. The fourth-order valence-electron chi connectivity index (χ4n) is 1.32. The molecule has 0 aliphatic carbocycles. The van der Waals surface area contributed by atoms with Crippen molar-refractivity contribution in [3.05, 3.63) is 16.1 Å². The predicted molar refractivity (Wildman–Crippen MR) is 66.0 cm³/mol. The van der Waals surface area contributed by atoms with E-state index in [1.54, 1.807) is 11.3 Å². The van der Waals surface area contributed by atoms with E-state index < -0.39 is 0 Å². The summed E-state index contributed by atoms with van der Waals surface area (Å²) in [6.45, 7) is 9.07. The zero-order valence-corrected chi connectivity index (χ0v) is 10.7. The second-order valence-corrected chi connectivity index (χ2v) is 5.27. The number of hydrogen-bond donors (Lipinski definition) is 2. The Morgan fingerprint density at radius 3 is 2.80 bits per heavy atom. The Kier molecular flexibility index (Phi) is 4.70. The van der Waals surface area contributed by atoms with Crippen LogP contribution in [0.2, 0.25) is 0 Å². The number of rotatable bonds is 6. The van der Waals surface area contributed by atoms with E-state index >= 15 is 0 Å². The van der Waals surface area contributed by atoms with Gasteiger partial charge in [0.1, 0.15) is 0 Å². The molecule has 3 nitrogen and oxygen atoms in total. The van der Waals surface area contributed by atoms with Gasteiger partial charge in [0.25, 0.3) is 0 Å². The van der Waals surface area contributed by atoms with Crippen LogP contribution in [0.3, 0.4) is 0 Å². The molecule has 0 saturated heterocycles. The van der Waals surface area contributed by atoms with E-state index in [0.29, 0.717) is 0 Å². The molecule has 1 atom stereocenters. The highest BCUT2D eigenvalue weighted by atomic mass is 32.1. The SMILES string of the molecule is CCC(C)(CN)CNCc1scnc1C. The van der Waals surface area contributed by atoms with Crippen LogP contribution in [0.25, 0.3) is 0 Å². The molecule has 0 saturated carbocycles. The molecule has 0 fully saturated rings. The first-order valence-electron chi connectivity index (χ1n) is 5.41. The first-order valence-corrected chi connectivity index (χ1v) is 6.29. The molecule has 3 N–H and O–H groups in total. The molecule has 1 aromatic rings. The third-order valence-corrected chi connectivity index (χ3v) is 3.96. The maximum atomic E-state index is 5.76. The number of hydrogen-bond acceptors (Lipinski definition) is 4. The van der Waals surface area contributed by atoms with E-state index in [2.05, 4.69) is 31.1 Å². The fraction of sp³-hybridized carbons (Fsp3) is 0.727. The first-order chi connectivity index (χ1) is 7.11. The van der Waals surface area contributed by atoms with Crippen molar-refractivity contribution in [1.29, 1.82) is 0 Å². The van der Waals surface area contributed by atoms with Gasteiger partial charge < -0.3 is 11.1 Å². The number of nitrogens with one attached hydrogen (secondary N) is 1. The molecule has 1 heterocycles. The van der Waals surface area contributed by atoms with Gasteiger partial charge >= 0.3 is 0 Å². The molecule has 1 aromatic heterocycles. The van der Waals surface area contributed by atoms with Crippen LogP contribution in [0.4, 0.5) is 0 Å². The quantitative estimate of drug-likeness (QED) is 0.780. The Labute approximate surface area is 96.1 Å². The minimum Gasteiger partial charge on any atom is -0.330 e. The van der Waals surface area contributed by atoms with Gasteiger partial charge in [0.2, 0.25) is 0 Å². The largest absolute Gasteiger partial charge is 0.330 e.